The van der Waals surface area contributed by atoms with Gasteiger partial charge in [-0.05, 0) is 32.2 Å². The number of thiazole rings is 1. The molecule has 3 rings (SSSR count). The summed E-state index contributed by atoms with van der Waals surface area (Å²) >= 11 is 13.7. The first kappa shape index (κ1) is 16.4. The number of halogens is 2. The molecule has 0 saturated heterocycles. The van der Waals surface area contributed by atoms with Crippen molar-refractivity contribution in [3.63, 3.8) is 0 Å². The van der Waals surface area contributed by atoms with Crippen molar-refractivity contribution >= 4 is 34.5 Å². The summed E-state index contributed by atoms with van der Waals surface area (Å²) in [5, 5.41) is 12.3. The lowest BCUT2D eigenvalue weighted by molar-refractivity contribution is 0.280. The fourth-order valence-corrected chi connectivity index (χ4v) is 3.23. The second-order valence-electron chi connectivity index (χ2n) is 5.16. The molecule has 3 aromatic rings. The Morgan fingerprint density at radius 2 is 2.04 bits per heavy atom. The molecule has 0 N–H and O–H groups in total. The van der Waals surface area contributed by atoms with Gasteiger partial charge in [-0.15, -0.1) is 21.5 Å². The van der Waals surface area contributed by atoms with Crippen LogP contribution < -0.4 is 0 Å². The maximum atomic E-state index is 6.16. The molecule has 0 amide bonds. The third kappa shape index (κ3) is 4.09. The van der Waals surface area contributed by atoms with Gasteiger partial charge in [0.05, 0.1) is 27.8 Å². The van der Waals surface area contributed by atoms with E-state index in [1.165, 1.54) is 0 Å². The summed E-state index contributed by atoms with van der Waals surface area (Å²) in [6.07, 6.45) is 0. The molecule has 120 valence electrons. The smallest absolute Gasteiger partial charge is 0.249 e. The second-order valence-corrected chi connectivity index (χ2v) is 7.06. The Balaban J connectivity index is 1.69. The minimum atomic E-state index is 0.388. The van der Waals surface area contributed by atoms with E-state index in [1.54, 1.807) is 29.5 Å². The quantitative estimate of drug-likeness (QED) is 0.666. The van der Waals surface area contributed by atoms with Gasteiger partial charge < -0.3 is 4.42 Å². The molecule has 0 atom stereocenters. The summed E-state index contributed by atoms with van der Waals surface area (Å²) in [4.78, 5) is 6.51. The maximum absolute atomic E-state index is 6.16. The van der Waals surface area contributed by atoms with Crippen molar-refractivity contribution in [1.29, 1.82) is 0 Å². The Bertz CT molecular complexity index is 817. The van der Waals surface area contributed by atoms with Gasteiger partial charge in [-0.1, -0.05) is 23.2 Å². The minimum absolute atomic E-state index is 0.388. The number of aromatic nitrogens is 3. The molecule has 1 aromatic carbocycles. The predicted octanol–water partition coefficient (Wildman–Crippen LogP) is 4.44. The van der Waals surface area contributed by atoms with Gasteiger partial charge in [0.2, 0.25) is 11.8 Å². The molecule has 0 bridgehead atoms. The van der Waals surface area contributed by atoms with Crippen LogP contribution >= 0.6 is 34.5 Å². The third-order valence-corrected chi connectivity index (χ3v) is 4.50. The van der Waals surface area contributed by atoms with Crippen LogP contribution in [0, 0.1) is 6.92 Å². The van der Waals surface area contributed by atoms with Crippen LogP contribution in [0.5, 0.6) is 0 Å². The van der Waals surface area contributed by atoms with E-state index in [9.17, 15) is 0 Å². The van der Waals surface area contributed by atoms with E-state index >= 15 is 0 Å². The molecule has 5 nitrogen and oxygen atoms in total. The zero-order valence-corrected chi connectivity index (χ0v) is 14.9. The van der Waals surface area contributed by atoms with E-state index < -0.39 is 0 Å². The first-order valence-electron chi connectivity index (χ1n) is 6.88. The van der Waals surface area contributed by atoms with Crippen LogP contribution in [0.4, 0.5) is 0 Å². The fraction of sp³-hybridized carbons (Fsp3) is 0.267. The van der Waals surface area contributed by atoms with Crippen molar-refractivity contribution in [2.75, 3.05) is 7.05 Å². The van der Waals surface area contributed by atoms with Gasteiger partial charge in [0.25, 0.3) is 0 Å². The van der Waals surface area contributed by atoms with Crippen molar-refractivity contribution in [2.24, 2.45) is 0 Å². The monoisotopic (exact) mass is 368 g/mol. The summed E-state index contributed by atoms with van der Waals surface area (Å²) in [5.41, 5.74) is 1.71. The Morgan fingerprint density at radius 1 is 1.22 bits per heavy atom. The van der Waals surface area contributed by atoms with Crippen LogP contribution in [0.15, 0.2) is 28.0 Å². The number of nitrogens with zero attached hydrogens (tertiary/aromatic N) is 4. The van der Waals surface area contributed by atoms with Gasteiger partial charge in [-0.25, -0.2) is 4.98 Å². The molecular weight excluding hydrogens is 355 g/mol. The topological polar surface area (TPSA) is 55.1 Å². The van der Waals surface area contributed by atoms with Crippen molar-refractivity contribution in [1.82, 2.24) is 20.1 Å². The van der Waals surface area contributed by atoms with Crippen molar-refractivity contribution < 1.29 is 4.42 Å². The van der Waals surface area contributed by atoms with E-state index in [1.807, 2.05) is 14.0 Å². The summed E-state index contributed by atoms with van der Waals surface area (Å²) in [6.45, 7) is 3.26. The van der Waals surface area contributed by atoms with Crippen LogP contribution in [0.25, 0.3) is 11.5 Å². The van der Waals surface area contributed by atoms with Gasteiger partial charge in [-0.3, -0.25) is 4.90 Å². The molecule has 2 aromatic heterocycles. The molecule has 0 unspecified atom stereocenters. The van der Waals surface area contributed by atoms with Gasteiger partial charge in [-0.2, -0.15) is 0 Å². The van der Waals surface area contributed by atoms with E-state index in [4.69, 9.17) is 27.6 Å². The second kappa shape index (κ2) is 6.97. The van der Waals surface area contributed by atoms with Crippen LogP contribution in [0.1, 0.15) is 16.6 Å². The van der Waals surface area contributed by atoms with Crippen LogP contribution in [0.3, 0.4) is 0 Å². The molecule has 2 heterocycles. The first-order valence-corrected chi connectivity index (χ1v) is 8.52. The lowest BCUT2D eigenvalue weighted by atomic mass is 10.2. The number of hydrogen-bond acceptors (Lipinski definition) is 6. The Labute approximate surface area is 147 Å². The summed E-state index contributed by atoms with van der Waals surface area (Å²) in [7, 11) is 1.98. The van der Waals surface area contributed by atoms with Gasteiger partial charge in [0.1, 0.15) is 0 Å². The number of hydrogen-bond donors (Lipinski definition) is 0. The molecule has 0 aliphatic carbocycles. The van der Waals surface area contributed by atoms with E-state index in [0.29, 0.717) is 33.9 Å². The molecule has 0 aliphatic heterocycles. The molecule has 8 heteroatoms. The highest BCUT2D eigenvalue weighted by Crippen LogP contribution is 2.29. The highest BCUT2D eigenvalue weighted by atomic mass is 35.5. The van der Waals surface area contributed by atoms with Crippen molar-refractivity contribution in [2.45, 2.75) is 20.0 Å². The molecule has 0 saturated carbocycles. The largest absolute Gasteiger partial charge is 0.419 e. The average molecular weight is 369 g/mol. The molecular formula is C15H14Cl2N4OS. The zero-order chi connectivity index (χ0) is 16.4. The third-order valence-electron chi connectivity index (χ3n) is 3.13. The van der Waals surface area contributed by atoms with E-state index in [0.717, 1.165) is 17.2 Å². The molecule has 0 radical (unpaired) electrons. The number of benzene rings is 1. The fourth-order valence-electron chi connectivity index (χ4n) is 2.13. The summed E-state index contributed by atoms with van der Waals surface area (Å²) < 4.78 is 5.69. The lowest BCUT2D eigenvalue weighted by Gasteiger charge is -2.11. The average Bonchev–Trinajstić information content (AvgIpc) is 3.08. The molecule has 0 aliphatic rings. The summed E-state index contributed by atoms with van der Waals surface area (Å²) in [5.74, 6) is 0.917. The van der Waals surface area contributed by atoms with Crippen LogP contribution in [-0.2, 0) is 13.1 Å². The molecule has 0 spiro atoms. The van der Waals surface area contributed by atoms with Crippen LogP contribution in [-0.4, -0.2) is 27.1 Å². The number of aryl methyl sites for hydroxylation is 1. The van der Waals surface area contributed by atoms with Gasteiger partial charge >= 0.3 is 0 Å². The lowest BCUT2D eigenvalue weighted by Crippen LogP contribution is -2.17. The van der Waals surface area contributed by atoms with Gasteiger partial charge in [0, 0.05) is 16.9 Å². The molecule has 0 fully saturated rings. The summed E-state index contributed by atoms with van der Waals surface area (Å²) in [6, 6.07) is 5.16. The molecule has 23 heavy (non-hydrogen) atoms. The van der Waals surface area contributed by atoms with Crippen LogP contribution in [0.2, 0.25) is 10.0 Å². The highest BCUT2D eigenvalue weighted by Gasteiger charge is 2.14. The minimum Gasteiger partial charge on any atom is -0.419 e. The van der Waals surface area contributed by atoms with E-state index in [-0.39, 0.29) is 0 Å². The maximum Gasteiger partial charge on any atom is 0.249 e. The highest BCUT2D eigenvalue weighted by molar-refractivity contribution is 7.09. The SMILES string of the molecule is Cc1nc(CN(C)Cc2nnc(-c3ccc(Cl)cc3Cl)o2)cs1. The first-order chi connectivity index (χ1) is 11.0. The number of rotatable bonds is 5. The predicted molar refractivity (Wildman–Crippen MR) is 91.8 cm³/mol. The standard InChI is InChI=1S/C15H14Cl2N4OS/c1-9-18-11(8-23-9)6-21(2)7-14-19-20-15(22-14)12-4-3-10(16)5-13(12)17/h3-5,8H,6-7H2,1-2H3. The Morgan fingerprint density at radius 3 is 2.74 bits per heavy atom. The van der Waals surface area contributed by atoms with Crippen molar-refractivity contribution in [3.05, 3.63) is 50.2 Å². The van der Waals surface area contributed by atoms with E-state index in [2.05, 4.69) is 25.5 Å². The zero-order valence-electron chi connectivity index (χ0n) is 12.6. The normalized spacial score (nSPS) is 11.3. The van der Waals surface area contributed by atoms with Crippen molar-refractivity contribution in [3.8, 4) is 11.5 Å². The van der Waals surface area contributed by atoms with Gasteiger partial charge in [0.15, 0.2) is 0 Å². The Kier molecular flexibility index (Phi) is 4.96. The Hall–Kier alpha value is -1.47.